The Bertz CT molecular complexity index is 795. The Morgan fingerprint density at radius 3 is 2.81 bits per heavy atom. The summed E-state index contributed by atoms with van der Waals surface area (Å²) in [5, 5.41) is 3.44. The zero-order valence-corrected chi connectivity index (χ0v) is 15.5. The molecule has 0 bridgehead atoms. The molecule has 9 heteroatoms. The van der Waals surface area contributed by atoms with Gasteiger partial charge in [-0.25, -0.2) is 4.98 Å². The second kappa shape index (κ2) is 7.74. The molecule has 0 radical (unpaired) electrons. The average Bonchev–Trinajstić information content (AvgIpc) is 3.25. The van der Waals surface area contributed by atoms with Gasteiger partial charge in [-0.15, -0.1) is 0 Å². The summed E-state index contributed by atoms with van der Waals surface area (Å²) >= 11 is 0. The number of nitrogens with zero attached hydrogens (tertiary/aromatic N) is 5. The number of hydrogen-bond acceptors (Lipinski definition) is 3. The minimum Gasteiger partial charge on any atom is -0.337 e. The topological polar surface area (TPSA) is 56.0 Å². The Labute approximate surface area is 156 Å². The highest BCUT2D eigenvalue weighted by atomic mass is 19.4. The minimum atomic E-state index is -4.56. The van der Waals surface area contributed by atoms with Crippen LogP contribution < -0.4 is 0 Å². The molecule has 1 atom stereocenters. The van der Waals surface area contributed by atoms with Crippen LogP contribution in [0.3, 0.4) is 0 Å². The maximum Gasteiger partial charge on any atom is 0.435 e. The summed E-state index contributed by atoms with van der Waals surface area (Å²) < 4.78 is 41.7. The number of halogens is 3. The van der Waals surface area contributed by atoms with Crippen molar-refractivity contribution < 1.29 is 18.0 Å². The van der Waals surface area contributed by atoms with E-state index in [2.05, 4.69) is 21.6 Å². The summed E-state index contributed by atoms with van der Waals surface area (Å²) in [6.07, 6.45) is 2.98. The highest BCUT2D eigenvalue weighted by Gasteiger charge is 2.36. The first-order valence-electron chi connectivity index (χ1n) is 9.22. The normalized spacial score (nSPS) is 18.1. The first-order valence-corrected chi connectivity index (χ1v) is 9.22. The van der Waals surface area contributed by atoms with Gasteiger partial charge >= 0.3 is 6.18 Å². The van der Waals surface area contributed by atoms with Crippen LogP contribution in [0.25, 0.3) is 0 Å². The summed E-state index contributed by atoms with van der Waals surface area (Å²) in [6, 6.07) is 0.828. The van der Waals surface area contributed by atoms with Crippen molar-refractivity contribution in [3.8, 4) is 0 Å². The molecule has 0 spiro atoms. The molecule has 0 aromatic carbocycles. The van der Waals surface area contributed by atoms with E-state index in [4.69, 9.17) is 0 Å². The lowest BCUT2D eigenvalue weighted by Gasteiger charge is -2.32. The number of carbonyl (C=O) groups excluding carboxylic acids is 1. The standard InChI is InChI=1S/C18H24F3N5O/c1-3-4-8-25-10-7-22-16(25)13-6-5-9-26(12-13)17(27)14-11-15(18(19,20)21)23-24(14)2/h7,10-11,13H,3-6,8-9,12H2,1-2H3/t13-/m1/s1. The number of amides is 1. The van der Waals surface area contributed by atoms with E-state index in [1.54, 1.807) is 11.1 Å². The van der Waals surface area contributed by atoms with Gasteiger partial charge in [0.1, 0.15) is 11.5 Å². The number of aromatic nitrogens is 4. The zero-order valence-electron chi connectivity index (χ0n) is 15.5. The van der Waals surface area contributed by atoms with Crippen LogP contribution in [-0.4, -0.2) is 43.2 Å². The lowest BCUT2D eigenvalue weighted by Crippen LogP contribution is -2.40. The molecule has 2 aromatic rings. The van der Waals surface area contributed by atoms with Crippen molar-refractivity contribution in [1.82, 2.24) is 24.2 Å². The van der Waals surface area contributed by atoms with Crippen LogP contribution in [0.5, 0.6) is 0 Å². The van der Waals surface area contributed by atoms with E-state index in [1.807, 2.05) is 6.20 Å². The highest BCUT2D eigenvalue weighted by molar-refractivity contribution is 5.92. The molecule has 0 N–H and O–H groups in total. The van der Waals surface area contributed by atoms with Crippen molar-refractivity contribution in [1.29, 1.82) is 0 Å². The molecule has 148 valence electrons. The largest absolute Gasteiger partial charge is 0.435 e. The molecule has 1 aliphatic heterocycles. The van der Waals surface area contributed by atoms with Crippen molar-refractivity contribution in [2.75, 3.05) is 13.1 Å². The van der Waals surface area contributed by atoms with E-state index in [0.29, 0.717) is 13.1 Å². The fourth-order valence-corrected chi connectivity index (χ4v) is 3.54. The minimum absolute atomic E-state index is 0.0442. The predicted octanol–water partition coefficient (Wildman–Crippen LogP) is 3.46. The van der Waals surface area contributed by atoms with E-state index >= 15 is 0 Å². The van der Waals surface area contributed by atoms with Crippen molar-refractivity contribution in [2.45, 2.75) is 51.2 Å². The average molecular weight is 383 g/mol. The predicted molar refractivity (Wildman–Crippen MR) is 93.2 cm³/mol. The van der Waals surface area contributed by atoms with Crippen LogP contribution in [0.2, 0.25) is 0 Å². The Kier molecular flexibility index (Phi) is 5.57. The second-order valence-electron chi connectivity index (χ2n) is 6.96. The molecule has 2 aromatic heterocycles. The molecule has 6 nitrogen and oxygen atoms in total. The van der Waals surface area contributed by atoms with Crippen molar-refractivity contribution >= 4 is 5.91 Å². The summed E-state index contributed by atoms with van der Waals surface area (Å²) in [7, 11) is 1.36. The number of imidazole rings is 1. The van der Waals surface area contributed by atoms with Crippen LogP contribution in [0.4, 0.5) is 13.2 Å². The molecule has 1 saturated heterocycles. The lowest BCUT2D eigenvalue weighted by atomic mass is 9.96. The molecule has 1 fully saturated rings. The zero-order chi connectivity index (χ0) is 19.6. The Morgan fingerprint density at radius 2 is 2.15 bits per heavy atom. The maximum absolute atomic E-state index is 12.9. The third-order valence-corrected chi connectivity index (χ3v) is 4.96. The third-order valence-electron chi connectivity index (χ3n) is 4.96. The lowest BCUT2D eigenvalue weighted by molar-refractivity contribution is -0.141. The highest BCUT2D eigenvalue weighted by Crippen LogP contribution is 2.30. The number of unbranched alkanes of at least 4 members (excludes halogenated alkanes) is 1. The van der Waals surface area contributed by atoms with E-state index in [0.717, 1.165) is 48.8 Å². The fraction of sp³-hybridized carbons (Fsp3) is 0.611. The molecule has 1 aliphatic rings. The van der Waals surface area contributed by atoms with Crippen LogP contribution >= 0.6 is 0 Å². The first-order chi connectivity index (χ1) is 12.8. The SMILES string of the molecule is CCCCn1ccnc1[C@@H]1CCCN(C(=O)c2cc(C(F)(F)F)nn2C)C1. The van der Waals surface area contributed by atoms with Gasteiger partial charge in [0.15, 0.2) is 5.69 Å². The van der Waals surface area contributed by atoms with Crippen LogP contribution in [0, 0.1) is 0 Å². The number of likely N-dealkylation sites (tertiary alicyclic amines) is 1. The molecule has 3 heterocycles. The molecular weight excluding hydrogens is 359 g/mol. The Hall–Kier alpha value is -2.32. The molecule has 0 saturated carbocycles. The monoisotopic (exact) mass is 383 g/mol. The van der Waals surface area contributed by atoms with Gasteiger partial charge in [0.2, 0.25) is 0 Å². The second-order valence-corrected chi connectivity index (χ2v) is 6.96. The number of hydrogen-bond donors (Lipinski definition) is 0. The van der Waals surface area contributed by atoms with E-state index in [9.17, 15) is 18.0 Å². The Morgan fingerprint density at radius 1 is 1.37 bits per heavy atom. The van der Waals surface area contributed by atoms with Crippen LogP contribution in [0.1, 0.15) is 60.5 Å². The van der Waals surface area contributed by atoms with E-state index in [1.165, 1.54) is 7.05 Å². The molecule has 1 amide bonds. The van der Waals surface area contributed by atoms with Gasteiger partial charge in [0.25, 0.3) is 5.91 Å². The quantitative estimate of drug-likeness (QED) is 0.795. The first kappa shape index (κ1) is 19.4. The molecule has 0 unspecified atom stereocenters. The number of alkyl halides is 3. The summed E-state index contributed by atoms with van der Waals surface area (Å²) in [5.74, 6) is 0.615. The summed E-state index contributed by atoms with van der Waals surface area (Å²) in [5.41, 5.74) is -1.09. The van der Waals surface area contributed by atoms with Gasteiger partial charge in [-0.2, -0.15) is 18.3 Å². The van der Waals surface area contributed by atoms with Crippen LogP contribution in [0.15, 0.2) is 18.5 Å². The Balaban J connectivity index is 1.76. The van der Waals surface area contributed by atoms with Crippen molar-refractivity contribution in [3.63, 3.8) is 0 Å². The van der Waals surface area contributed by atoms with Gasteiger partial charge < -0.3 is 9.47 Å². The fourth-order valence-electron chi connectivity index (χ4n) is 3.54. The third kappa shape index (κ3) is 4.17. The smallest absolute Gasteiger partial charge is 0.337 e. The van der Waals surface area contributed by atoms with Gasteiger partial charge in [0.05, 0.1) is 0 Å². The summed E-state index contributed by atoms with van der Waals surface area (Å²) in [6.45, 7) is 3.99. The summed E-state index contributed by atoms with van der Waals surface area (Å²) in [4.78, 5) is 18.9. The number of aryl methyl sites for hydroxylation is 2. The van der Waals surface area contributed by atoms with Gasteiger partial charge in [-0.3, -0.25) is 9.48 Å². The van der Waals surface area contributed by atoms with Gasteiger partial charge in [0, 0.05) is 51.1 Å². The van der Waals surface area contributed by atoms with Crippen molar-refractivity contribution in [3.05, 3.63) is 35.7 Å². The number of rotatable bonds is 5. The van der Waals surface area contributed by atoms with Crippen molar-refractivity contribution in [2.24, 2.45) is 7.05 Å². The molecule has 3 rings (SSSR count). The number of carbonyl (C=O) groups is 1. The van der Waals surface area contributed by atoms with Crippen LogP contribution in [-0.2, 0) is 19.8 Å². The molecule has 0 aliphatic carbocycles. The van der Waals surface area contributed by atoms with Gasteiger partial charge in [-0.1, -0.05) is 13.3 Å². The molecule has 27 heavy (non-hydrogen) atoms. The van der Waals surface area contributed by atoms with E-state index < -0.39 is 17.8 Å². The molecular formula is C18H24F3N5O. The maximum atomic E-state index is 12.9. The van der Waals surface area contributed by atoms with Gasteiger partial charge in [-0.05, 0) is 19.3 Å². The van der Waals surface area contributed by atoms with E-state index in [-0.39, 0.29) is 11.6 Å². The number of piperidine rings is 1.